The average molecular weight is 305 g/mol. The summed E-state index contributed by atoms with van der Waals surface area (Å²) >= 11 is 5.64. The lowest BCUT2D eigenvalue weighted by Crippen LogP contribution is -2.40. The molecule has 0 unspecified atom stereocenters. The van der Waals surface area contributed by atoms with Crippen molar-refractivity contribution in [1.29, 1.82) is 0 Å². The molecule has 5 nitrogen and oxygen atoms in total. The highest BCUT2D eigenvalue weighted by Gasteiger charge is 2.18. The van der Waals surface area contributed by atoms with E-state index in [9.17, 15) is 9.18 Å². The number of nitrogens with one attached hydrogen (secondary N) is 1. The topological polar surface area (TPSA) is 60.5 Å². The lowest BCUT2D eigenvalue weighted by molar-refractivity contribution is 0.0492. The van der Waals surface area contributed by atoms with E-state index in [2.05, 4.69) is 10.3 Å². The SMILES string of the molecule is C[C@@H](COc1nc(Cl)ccc1F)NC(=O)OC(C)(C)C. The normalized spacial score (nSPS) is 12.7. The van der Waals surface area contributed by atoms with Gasteiger partial charge < -0.3 is 14.8 Å². The van der Waals surface area contributed by atoms with Crippen LogP contribution in [0.5, 0.6) is 5.88 Å². The molecule has 0 aliphatic heterocycles. The van der Waals surface area contributed by atoms with Gasteiger partial charge in [0.05, 0.1) is 6.04 Å². The Balaban J connectivity index is 2.45. The minimum atomic E-state index is -0.612. The zero-order valence-electron chi connectivity index (χ0n) is 11.9. The molecule has 1 N–H and O–H groups in total. The Morgan fingerprint density at radius 1 is 1.50 bits per heavy atom. The van der Waals surface area contributed by atoms with Crippen molar-refractivity contribution in [2.24, 2.45) is 0 Å². The maximum Gasteiger partial charge on any atom is 0.407 e. The zero-order chi connectivity index (χ0) is 15.3. The van der Waals surface area contributed by atoms with Crippen LogP contribution in [0.25, 0.3) is 0 Å². The Morgan fingerprint density at radius 2 is 2.15 bits per heavy atom. The van der Waals surface area contributed by atoms with E-state index in [-0.39, 0.29) is 23.7 Å². The quantitative estimate of drug-likeness (QED) is 0.868. The number of rotatable bonds is 4. The Hall–Kier alpha value is -1.56. The third-order valence-electron chi connectivity index (χ3n) is 2.01. The third kappa shape index (κ3) is 6.06. The van der Waals surface area contributed by atoms with Crippen LogP contribution in [0.15, 0.2) is 12.1 Å². The summed E-state index contributed by atoms with van der Waals surface area (Å²) in [5, 5.41) is 2.70. The van der Waals surface area contributed by atoms with E-state index in [0.29, 0.717) is 0 Å². The summed E-state index contributed by atoms with van der Waals surface area (Å²) in [5.41, 5.74) is -0.578. The van der Waals surface area contributed by atoms with Gasteiger partial charge >= 0.3 is 6.09 Å². The molecule has 1 amide bonds. The largest absolute Gasteiger partial charge is 0.473 e. The van der Waals surface area contributed by atoms with E-state index in [0.717, 1.165) is 6.07 Å². The van der Waals surface area contributed by atoms with Gasteiger partial charge in [-0.2, -0.15) is 4.98 Å². The molecule has 20 heavy (non-hydrogen) atoms. The van der Waals surface area contributed by atoms with Crippen LogP contribution < -0.4 is 10.1 Å². The summed E-state index contributed by atoms with van der Waals surface area (Å²) in [6.07, 6.45) is -0.562. The van der Waals surface area contributed by atoms with Crippen LogP contribution >= 0.6 is 11.6 Å². The number of carbonyl (C=O) groups is 1. The van der Waals surface area contributed by atoms with Crippen molar-refractivity contribution in [1.82, 2.24) is 10.3 Å². The highest BCUT2D eigenvalue weighted by Crippen LogP contribution is 2.17. The zero-order valence-corrected chi connectivity index (χ0v) is 12.6. The van der Waals surface area contributed by atoms with E-state index in [1.807, 2.05) is 0 Å². The highest BCUT2D eigenvalue weighted by molar-refractivity contribution is 6.29. The summed E-state index contributed by atoms with van der Waals surface area (Å²) < 4.78 is 23.6. The molecule has 0 radical (unpaired) electrons. The number of aromatic nitrogens is 1. The van der Waals surface area contributed by atoms with Crippen molar-refractivity contribution in [3.63, 3.8) is 0 Å². The molecule has 0 saturated heterocycles. The molecule has 0 aliphatic rings. The molecule has 1 rings (SSSR count). The number of halogens is 2. The molecular formula is C13H18ClFN2O3. The molecule has 0 bridgehead atoms. The number of hydrogen-bond donors (Lipinski definition) is 1. The molecule has 0 fully saturated rings. The van der Waals surface area contributed by atoms with Gasteiger partial charge in [-0.25, -0.2) is 9.18 Å². The summed E-state index contributed by atoms with van der Waals surface area (Å²) in [7, 11) is 0. The Labute approximate surface area is 122 Å². The van der Waals surface area contributed by atoms with Gasteiger partial charge in [0.25, 0.3) is 5.88 Å². The first-order valence-corrected chi connectivity index (χ1v) is 6.49. The maximum absolute atomic E-state index is 13.3. The van der Waals surface area contributed by atoms with Crippen molar-refractivity contribution in [3.8, 4) is 5.88 Å². The maximum atomic E-state index is 13.3. The van der Waals surface area contributed by atoms with Gasteiger partial charge in [0.2, 0.25) is 0 Å². The summed E-state index contributed by atoms with van der Waals surface area (Å²) in [6, 6.07) is 2.12. The second-order valence-corrected chi connectivity index (χ2v) is 5.67. The van der Waals surface area contributed by atoms with Gasteiger partial charge in [0.15, 0.2) is 5.82 Å². The fourth-order valence-electron chi connectivity index (χ4n) is 1.26. The van der Waals surface area contributed by atoms with Crippen LogP contribution in [0.3, 0.4) is 0 Å². The number of nitrogens with zero attached hydrogens (tertiary/aromatic N) is 1. The van der Waals surface area contributed by atoms with Crippen molar-refractivity contribution >= 4 is 17.7 Å². The van der Waals surface area contributed by atoms with Gasteiger partial charge in [0.1, 0.15) is 17.4 Å². The fraction of sp³-hybridized carbons (Fsp3) is 0.538. The van der Waals surface area contributed by atoms with Gasteiger partial charge in [-0.15, -0.1) is 0 Å². The molecule has 1 heterocycles. The van der Waals surface area contributed by atoms with Crippen molar-refractivity contribution in [3.05, 3.63) is 23.1 Å². The summed E-state index contributed by atoms with van der Waals surface area (Å²) in [4.78, 5) is 15.2. The second kappa shape index (κ2) is 6.74. The average Bonchev–Trinajstić information content (AvgIpc) is 2.27. The first kappa shape index (κ1) is 16.5. The number of alkyl carbamates (subject to hydrolysis) is 1. The molecule has 112 valence electrons. The Kier molecular flexibility index (Phi) is 5.56. The number of carbonyl (C=O) groups excluding carboxylic acids is 1. The Bertz CT molecular complexity index is 477. The predicted octanol–water partition coefficient (Wildman–Crippen LogP) is 3.17. The number of pyridine rings is 1. The third-order valence-corrected chi connectivity index (χ3v) is 2.22. The van der Waals surface area contributed by atoms with E-state index in [1.54, 1.807) is 27.7 Å². The van der Waals surface area contributed by atoms with Gasteiger partial charge in [-0.3, -0.25) is 0 Å². The lowest BCUT2D eigenvalue weighted by Gasteiger charge is -2.22. The monoisotopic (exact) mass is 304 g/mol. The molecular weight excluding hydrogens is 287 g/mol. The number of ether oxygens (including phenoxy) is 2. The minimum Gasteiger partial charge on any atom is -0.473 e. The van der Waals surface area contributed by atoms with Crippen LogP contribution in [0.2, 0.25) is 5.15 Å². The summed E-state index contributed by atoms with van der Waals surface area (Å²) in [6.45, 7) is 7.03. The first-order chi connectivity index (χ1) is 9.17. The van der Waals surface area contributed by atoms with E-state index < -0.39 is 17.5 Å². The van der Waals surface area contributed by atoms with E-state index >= 15 is 0 Å². The number of hydrogen-bond acceptors (Lipinski definition) is 4. The molecule has 1 aromatic heterocycles. The van der Waals surface area contributed by atoms with Gasteiger partial charge in [0, 0.05) is 0 Å². The van der Waals surface area contributed by atoms with Gasteiger partial charge in [-0.05, 0) is 39.8 Å². The first-order valence-electron chi connectivity index (χ1n) is 6.12. The van der Waals surface area contributed by atoms with Crippen molar-refractivity contribution < 1.29 is 18.7 Å². The van der Waals surface area contributed by atoms with Crippen LogP contribution in [0.4, 0.5) is 9.18 Å². The molecule has 0 saturated carbocycles. The van der Waals surface area contributed by atoms with Gasteiger partial charge in [-0.1, -0.05) is 11.6 Å². The van der Waals surface area contributed by atoms with Crippen molar-refractivity contribution in [2.45, 2.75) is 39.3 Å². The molecule has 7 heteroatoms. The highest BCUT2D eigenvalue weighted by atomic mass is 35.5. The van der Waals surface area contributed by atoms with E-state index in [4.69, 9.17) is 21.1 Å². The minimum absolute atomic E-state index is 0.0451. The lowest BCUT2D eigenvalue weighted by atomic mass is 10.2. The van der Waals surface area contributed by atoms with Crippen LogP contribution in [-0.2, 0) is 4.74 Å². The molecule has 1 aromatic rings. The predicted molar refractivity (Wildman–Crippen MR) is 73.5 cm³/mol. The van der Waals surface area contributed by atoms with Crippen LogP contribution in [-0.4, -0.2) is 29.3 Å². The van der Waals surface area contributed by atoms with Crippen LogP contribution in [0.1, 0.15) is 27.7 Å². The van der Waals surface area contributed by atoms with Crippen molar-refractivity contribution in [2.75, 3.05) is 6.61 Å². The molecule has 0 spiro atoms. The van der Waals surface area contributed by atoms with Crippen LogP contribution in [0, 0.1) is 5.82 Å². The standard InChI is InChI=1S/C13H18ClFN2O3/c1-8(16-12(18)20-13(2,3)4)7-19-11-9(15)5-6-10(14)17-11/h5-6,8H,7H2,1-4H3,(H,16,18)/t8-/m0/s1. The molecule has 1 atom stereocenters. The van der Waals surface area contributed by atoms with E-state index in [1.165, 1.54) is 6.07 Å². The smallest absolute Gasteiger partial charge is 0.407 e. The Morgan fingerprint density at radius 3 is 2.75 bits per heavy atom. The summed E-state index contributed by atoms with van der Waals surface area (Å²) in [5.74, 6) is -0.811. The fourth-order valence-corrected chi connectivity index (χ4v) is 1.40. The molecule has 0 aliphatic carbocycles. The number of amides is 1. The molecule has 0 aromatic carbocycles. The second-order valence-electron chi connectivity index (χ2n) is 5.28.